The standard InChI is InChI=1S/C10H13FN4O2/c1-17-6-8(16)4-12-10-13-9-3-2-7(11)5-15(9)14-10/h2-3,5,8,16H,4,6H2,1H3,(H,12,14). The van der Waals surface area contributed by atoms with Gasteiger partial charge in [0.25, 0.3) is 0 Å². The Labute approximate surface area is 97.0 Å². The Hall–Kier alpha value is -1.73. The number of aliphatic hydroxyl groups is 1. The molecule has 7 heteroatoms. The third-order valence-electron chi connectivity index (χ3n) is 2.15. The normalized spacial score (nSPS) is 12.9. The molecule has 92 valence electrons. The van der Waals surface area contributed by atoms with Crippen molar-refractivity contribution in [3.05, 3.63) is 24.1 Å². The van der Waals surface area contributed by atoms with Crippen molar-refractivity contribution in [3.63, 3.8) is 0 Å². The van der Waals surface area contributed by atoms with E-state index in [2.05, 4.69) is 15.4 Å². The third-order valence-corrected chi connectivity index (χ3v) is 2.15. The van der Waals surface area contributed by atoms with Crippen LogP contribution in [0.2, 0.25) is 0 Å². The van der Waals surface area contributed by atoms with E-state index in [4.69, 9.17) is 4.74 Å². The first kappa shape index (κ1) is 11.7. The van der Waals surface area contributed by atoms with E-state index in [0.29, 0.717) is 11.6 Å². The van der Waals surface area contributed by atoms with Crippen molar-refractivity contribution in [3.8, 4) is 0 Å². The van der Waals surface area contributed by atoms with Crippen LogP contribution in [0.15, 0.2) is 18.3 Å². The lowest BCUT2D eigenvalue weighted by molar-refractivity contribution is 0.0726. The molecule has 0 bridgehead atoms. The quantitative estimate of drug-likeness (QED) is 0.785. The summed E-state index contributed by atoms with van der Waals surface area (Å²) in [4.78, 5) is 4.11. The lowest BCUT2D eigenvalue weighted by Crippen LogP contribution is -2.24. The molecule has 6 nitrogen and oxygen atoms in total. The first-order chi connectivity index (χ1) is 8.19. The summed E-state index contributed by atoms with van der Waals surface area (Å²) in [6, 6.07) is 2.84. The molecule has 0 aromatic carbocycles. The molecule has 0 amide bonds. The Kier molecular flexibility index (Phi) is 3.50. The minimum atomic E-state index is -0.636. The summed E-state index contributed by atoms with van der Waals surface area (Å²) in [5.41, 5.74) is 0.537. The number of nitrogens with zero attached hydrogens (tertiary/aromatic N) is 3. The van der Waals surface area contributed by atoms with Gasteiger partial charge in [-0.1, -0.05) is 0 Å². The topological polar surface area (TPSA) is 71.7 Å². The summed E-state index contributed by atoms with van der Waals surface area (Å²) in [7, 11) is 1.51. The maximum absolute atomic E-state index is 12.9. The molecule has 0 aliphatic rings. The molecule has 1 atom stereocenters. The molecule has 0 spiro atoms. The second kappa shape index (κ2) is 5.07. The molecule has 2 aromatic rings. The number of methoxy groups -OCH3 is 1. The van der Waals surface area contributed by atoms with Crippen LogP contribution in [0.1, 0.15) is 0 Å². The molecule has 0 aliphatic carbocycles. The van der Waals surface area contributed by atoms with E-state index in [0.717, 1.165) is 0 Å². The second-order valence-corrected chi connectivity index (χ2v) is 3.58. The van der Waals surface area contributed by atoms with Crippen molar-refractivity contribution >= 4 is 11.6 Å². The van der Waals surface area contributed by atoms with E-state index >= 15 is 0 Å². The maximum atomic E-state index is 12.9. The number of rotatable bonds is 5. The summed E-state index contributed by atoms with van der Waals surface area (Å²) >= 11 is 0. The first-order valence-corrected chi connectivity index (χ1v) is 5.12. The number of pyridine rings is 1. The van der Waals surface area contributed by atoms with Gasteiger partial charge < -0.3 is 15.2 Å². The Morgan fingerprint density at radius 3 is 3.18 bits per heavy atom. The van der Waals surface area contributed by atoms with Gasteiger partial charge in [0.15, 0.2) is 5.65 Å². The van der Waals surface area contributed by atoms with Crippen LogP contribution in [0.5, 0.6) is 0 Å². The predicted molar refractivity (Wildman–Crippen MR) is 59.3 cm³/mol. The third kappa shape index (κ3) is 2.89. The van der Waals surface area contributed by atoms with E-state index in [1.54, 1.807) is 0 Å². The smallest absolute Gasteiger partial charge is 0.243 e. The fourth-order valence-electron chi connectivity index (χ4n) is 1.39. The number of aromatic nitrogens is 3. The number of ether oxygens (including phenoxy) is 1. The minimum Gasteiger partial charge on any atom is -0.389 e. The first-order valence-electron chi connectivity index (χ1n) is 5.12. The molecule has 0 saturated carbocycles. The van der Waals surface area contributed by atoms with Crippen molar-refractivity contribution in [2.24, 2.45) is 0 Å². The Morgan fingerprint density at radius 1 is 1.59 bits per heavy atom. The Balaban J connectivity index is 2.04. The fraction of sp³-hybridized carbons (Fsp3) is 0.400. The second-order valence-electron chi connectivity index (χ2n) is 3.58. The zero-order valence-electron chi connectivity index (χ0n) is 9.30. The van der Waals surface area contributed by atoms with Gasteiger partial charge in [-0.15, -0.1) is 5.10 Å². The lowest BCUT2D eigenvalue weighted by Gasteiger charge is -2.08. The van der Waals surface area contributed by atoms with Crippen molar-refractivity contribution in [2.75, 3.05) is 25.6 Å². The zero-order chi connectivity index (χ0) is 12.3. The van der Waals surface area contributed by atoms with Gasteiger partial charge in [-0.05, 0) is 12.1 Å². The van der Waals surface area contributed by atoms with Crippen molar-refractivity contribution < 1.29 is 14.2 Å². The summed E-state index contributed by atoms with van der Waals surface area (Å²) in [5.74, 6) is -0.0425. The minimum absolute atomic E-state index is 0.231. The van der Waals surface area contributed by atoms with Crippen molar-refractivity contribution in [2.45, 2.75) is 6.10 Å². The predicted octanol–water partition coefficient (Wildman–Crippen LogP) is 0.288. The highest BCUT2D eigenvalue weighted by atomic mass is 19.1. The van der Waals surface area contributed by atoms with Gasteiger partial charge in [0.1, 0.15) is 5.82 Å². The average Bonchev–Trinajstić information content (AvgIpc) is 2.68. The molecule has 0 aliphatic heterocycles. The summed E-state index contributed by atoms with van der Waals surface area (Å²) < 4.78 is 19.0. The molecule has 0 fully saturated rings. The maximum Gasteiger partial charge on any atom is 0.243 e. The van der Waals surface area contributed by atoms with Crippen LogP contribution in [-0.4, -0.2) is 46.1 Å². The number of fused-ring (bicyclic) bond motifs is 1. The van der Waals surface area contributed by atoms with Gasteiger partial charge in [0, 0.05) is 13.7 Å². The molecular weight excluding hydrogens is 227 g/mol. The lowest BCUT2D eigenvalue weighted by atomic mass is 10.4. The van der Waals surface area contributed by atoms with Crippen LogP contribution in [0.25, 0.3) is 5.65 Å². The van der Waals surface area contributed by atoms with Crippen LogP contribution in [0.4, 0.5) is 10.3 Å². The van der Waals surface area contributed by atoms with Crippen LogP contribution in [0.3, 0.4) is 0 Å². The average molecular weight is 240 g/mol. The molecule has 2 rings (SSSR count). The van der Waals surface area contributed by atoms with E-state index < -0.39 is 6.10 Å². The number of hydrogen-bond acceptors (Lipinski definition) is 5. The highest BCUT2D eigenvalue weighted by molar-refractivity contribution is 5.43. The van der Waals surface area contributed by atoms with Gasteiger partial charge in [0.2, 0.25) is 5.95 Å². The van der Waals surface area contributed by atoms with E-state index in [1.165, 1.54) is 30.0 Å². The number of anilines is 1. The van der Waals surface area contributed by atoms with Gasteiger partial charge in [-0.3, -0.25) is 0 Å². The highest BCUT2D eigenvalue weighted by Gasteiger charge is 2.07. The largest absolute Gasteiger partial charge is 0.389 e. The Morgan fingerprint density at radius 2 is 2.41 bits per heavy atom. The molecule has 0 saturated heterocycles. The molecular formula is C10H13FN4O2. The van der Waals surface area contributed by atoms with E-state index in [1.807, 2.05) is 0 Å². The van der Waals surface area contributed by atoms with Gasteiger partial charge in [0.05, 0.1) is 18.9 Å². The molecule has 0 radical (unpaired) electrons. The number of aliphatic hydroxyl groups excluding tert-OH is 1. The summed E-state index contributed by atoms with van der Waals surface area (Å²) in [6.45, 7) is 0.502. The van der Waals surface area contributed by atoms with Crippen LogP contribution < -0.4 is 5.32 Å². The van der Waals surface area contributed by atoms with Gasteiger partial charge >= 0.3 is 0 Å². The highest BCUT2D eigenvalue weighted by Crippen LogP contribution is 2.06. The number of hydrogen-bond donors (Lipinski definition) is 2. The van der Waals surface area contributed by atoms with Gasteiger partial charge in [-0.2, -0.15) is 4.98 Å². The van der Waals surface area contributed by atoms with Crippen molar-refractivity contribution in [1.82, 2.24) is 14.6 Å². The van der Waals surface area contributed by atoms with E-state index in [-0.39, 0.29) is 19.0 Å². The number of nitrogens with one attached hydrogen (secondary N) is 1. The summed E-state index contributed by atoms with van der Waals surface area (Å²) in [5, 5.41) is 16.3. The van der Waals surface area contributed by atoms with E-state index in [9.17, 15) is 9.50 Å². The summed E-state index contributed by atoms with van der Waals surface area (Å²) in [6.07, 6.45) is 0.599. The molecule has 17 heavy (non-hydrogen) atoms. The van der Waals surface area contributed by atoms with Crippen LogP contribution in [0, 0.1) is 5.82 Å². The molecule has 2 N–H and O–H groups in total. The monoisotopic (exact) mass is 240 g/mol. The molecule has 1 unspecified atom stereocenters. The molecule has 2 heterocycles. The fourth-order valence-corrected chi connectivity index (χ4v) is 1.39. The van der Waals surface area contributed by atoms with Gasteiger partial charge in [-0.25, -0.2) is 8.91 Å². The SMILES string of the molecule is COCC(O)CNc1nc2ccc(F)cn2n1. The van der Waals surface area contributed by atoms with Crippen LogP contribution in [-0.2, 0) is 4.74 Å². The zero-order valence-corrected chi connectivity index (χ0v) is 9.30. The molecule has 2 aromatic heterocycles. The number of halogens is 1. The van der Waals surface area contributed by atoms with Crippen LogP contribution >= 0.6 is 0 Å². The Bertz CT molecular complexity index is 502. The van der Waals surface area contributed by atoms with Crippen molar-refractivity contribution in [1.29, 1.82) is 0 Å².